The van der Waals surface area contributed by atoms with Crippen molar-refractivity contribution in [2.45, 2.75) is 46.6 Å². The maximum Gasteiger partial charge on any atom is 0.300 e. The monoisotopic (exact) mass is 211 g/mol. The molecule has 1 aromatic heterocycles. The van der Waals surface area contributed by atoms with Gasteiger partial charge in [0.25, 0.3) is 5.97 Å². The molecule has 86 valence electrons. The highest BCUT2D eigenvalue weighted by Crippen LogP contribution is 2.05. The third-order valence-corrected chi connectivity index (χ3v) is 2.00. The minimum Gasteiger partial charge on any atom is -0.481 e. The van der Waals surface area contributed by atoms with Crippen LogP contribution in [0.25, 0.3) is 0 Å². The predicted octanol–water partition coefficient (Wildman–Crippen LogP) is 2.94. The molecule has 1 aromatic rings. The Morgan fingerprint density at radius 3 is 2.47 bits per heavy atom. The number of hydrogen-bond donors (Lipinski definition) is 1. The Bertz CT molecular complexity index is 275. The Morgan fingerprint density at radius 2 is 2.07 bits per heavy atom. The predicted molar refractivity (Wildman–Crippen MR) is 62.0 cm³/mol. The van der Waals surface area contributed by atoms with E-state index in [-0.39, 0.29) is 0 Å². The average molecular weight is 211 g/mol. The van der Waals surface area contributed by atoms with Crippen LogP contribution in [-0.4, -0.2) is 15.6 Å². The Morgan fingerprint density at radius 1 is 1.47 bits per heavy atom. The van der Waals surface area contributed by atoms with Gasteiger partial charge in [-0.3, -0.25) is 4.79 Å². The van der Waals surface area contributed by atoms with E-state index in [1.54, 1.807) is 0 Å². The summed E-state index contributed by atoms with van der Waals surface area (Å²) in [4.78, 5) is 9.00. The van der Waals surface area contributed by atoms with Gasteiger partial charge in [-0.05, 0) is 31.4 Å². The molecule has 1 rings (SSSR count). The van der Waals surface area contributed by atoms with Gasteiger partial charge >= 0.3 is 0 Å². The molecule has 0 aromatic carbocycles. The normalized spacial score (nSPS) is 9.27. The molecule has 0 spiro atoms. The molecule has 0 saturated carbocycles. The molecule has 0 radical (unpaired) electrons. The van der Waals surface area contributed by atoms with Gasteiger partial charge in [0, 0.05) is 25.9 Å². The number of rotatable bonds is 4. The molecule has 1 N–H and O–H groups in total. The second-order valence-electron chi connectivity index (χ2n) is 3.47. The van der Waals surface area contributed by atoms with Crippen molar-refractivity contribution in [3.8, 4) is 0 Å². The number of carboxylic acid groups (broad SMARTS) is 1. The summed E-state index contributed by atoms with van der Waals surface area (Å²) in [5.41, 5.74) is 1.48. The fourth-order valence-electron chi connectivity index (χ4n) is 1.22. The maximum atomic E-state index is 9.00. The minimum atomic E-state index is -0.833. The van der Waals surface area contributed by atoms with Crippen molar-refractivity contribution in [1.82, 2.24) is 4.57 Å². The van der Waals surface area contributed by atoms with Crippen molar-refractivity contribution in [3.05, 3.63) is 24.0 Å². The highest BCUT2D eigenvalue weighted by atomic mass is 16.4. The van der Waals surface area contributed by atoms with Gasteiger partial charge in [-0.25, -0.2) is 0 Å². The average Bonchev–Trinajstić information content (AvgIpc) is 2.61. The van der Waals surface area contributed by atoms with Crippen LogP contribution in [0.1, 0.15) is 39.2 Å². The van der Waals surface area contributed by atoms with Crippen LogP contribution in [0.3, 0.4) is 0 Å². The summed E-state index contributed by atoms with van der Waals surface area (Å²) < 4.78 is 2.23. The van der Waals surface area contributed by atoms with E-state index in [0.717, 1.165) is 13.5 Å². The molecule has 0 aliphatic carbocycles. The topological polar surface area (TPSA) is 42.2 Å². The Hall–Kier alpha value is -1.25. The quantitative estimate of drug-likeness (QED) is 0.832. The van der Waals surface area contributed by atoms with E-state index in [0.29, 0.717) is 0 Å². The van der Waals surface area contributed by atoms with E-state index in [4.69, 9.17) is 9.90 Å². The van der Waals surface area contributed by atoms with Gasteiger partial charge in [-0.15, -0.1) is 0 Å². The summed E-state index contributed by atoms with van der Waals surface area (Å²) >= 11 is 0. The first kappa shape index (κ1) is 13.8. The number of hydrogen-bond acceptors (Lipinski definition) is 1. The van der Waals surface area contributed by atoms with Crippen LogP contribution < -0.4 is 0 Å². The molecule has 0 saturated heterocycles. The molecule has 0 fully saturated rings. The third kappa shape index (κ3) is 7.79. The maximum absolute atomic E-state index is 9.00. The molecule has 0 aliphatic rings. The molecule has 1 heterocycles. The van der Waals surface area contributed by atoms with Crippen LogP contribution in [0.2, 0.25) is 0 Å². The third-order valence-electron chi connectivity index (χ3n) is 2.00. The number of aliphatic carboxylic acids is 1. The second kappa shape index (κ2) is 8.09. The van der Waals surface area contributed by atoms with E-state index in [9.17, 15) is 0 Å². The van der Waals surface area contributed by atoms with E-state index in [1.165, 1.54) is 24.8 Å². The zero-order valence-electron chi connectivity index (χ0n) is 9.86. The van der Waals surface area contributed by atoms with E-state index >= 15 is 0 Å². The first-order valence-corrected chi connectivity index (χ1v) is 5.44. The van der Waals surface area contributed by atoms with Gasteiger partial charge in [0.1, 0.15) is 0 Å². The van der Waals surface area contributed by atoms with Crippen LogP contribution in [0.4, 0.5) is 0 Å². The highest BCUT2D eigenvalue weighted by Gasteiger charge is 1.93. The summed E-state index contributed by atoms with van der Waals surface area (Å²) in [6.07, 6.45) is 8.25. The summed E-state index contributed by atoms with van der Waals surface area (Å²) in [7, 11) is 0. The fraction of sp³-hybridized carbons (Fsp3) is 0.583. The van der Waals surface area contributed by atoms with E-state index < -0.39 is 5.97 Å². The van der Waals surface area contributed by atoms with Gasteiger partial charge in [0.2, 0.25) is 0 Å². The number of aryl methyl sites for hydroxylation is 2. The van der Waals surface area contributed by atoms with Gasteiger partial charge in [-0.1, -0.05) is 13.3 Å². The molecule has 0 atom stereocenters. The molecule has 3 nitrogen and oxygen atoms in total. The lowest BCUT2D eigenvalue weighted by Crippen LogP contribution is -1.87. The molecule has 0 amide bonds. The van der Waals surface area contributed by atoms with E-state index in [2.05, 4.69) is 36.9 Å². The highest BCUT2D eigenvalue weighted by molar-refractivity contribution is 5.62. The molecule has 0 bridgehead atoms. The fourth-order valence-corrected chi connectivity index (χ4v) is 1.22. The smallest absolute Gasteiger partial charge is 0.300 e. The number of carbonyl (C=O) groups is 1. The molecule has 0 unspecified atom stereocenters. The van der Waals surface area contributed by atoms with Crippen LogP contribution in [0.15, 0.2) is 18.5 Å². The number of aromatic nitrogens is 1. The number of unbranched alkanes of at least 4 members (excludes halogenated alkanes) is 1. The van der Waals surface area contributed by atoms with Crippen LogP contribution in [-0.2, 0) is 17.8 Å². The largest absolute Gasteiger partial charge is 0.481 e. The standard InChI is InChI=1S/C10H17N.C2H4O2/c1-3-5-6-10-7-8-11(4-2)9-10;1-2(3)4/h7-9H,3-6H2,1-2H3;1H3,(H,3,4). The Balaban J connectivity index is 0.000000423. The van der Waals surface area contributed by atoms with Crippen LogP contribution in [0, 0.1) is 0 Å². The summed E-state index contributed by atoms with van der Waals surface area (Å²) in [5.74, 6) is -0.833. The molecular formula is C12H21NO2. The van der Waals surface area contributed by atoms with Crippen LogP contribution in [0.5, 0.6) is 0 Å². The van der Waals surface area contributed by atoms with Crippen molar-refractivity contribution < 1.29 is 9.90 Å². The van der Waals surface area contributed by atoms with Gasteiger partial charge in [0.15, 0.2) is 0 Å². The van der Waals surface area contributed by atoms with Crippen molar-refractivity contribution >= 4 is 5.97 Å². The lowest BCUT2D eigenvalue weighted by molar-refractivity contribution is -0.134. The van der Waals surface area contributed by atoms with Crippen molar-refractivity contribution in [1.29, 1.82) is 0 Å². The lowest BCUT2D eigenvalue weighted by atomic mass is 10.2. The van der Waals surface area contributed by atoms with Gasteiger partial charge in [-0.2, -0.15) is 0 Å². The van der Waals surface area contributed by atoms with E-state index in [1.807, 2.05) is 0 Å². The van der Waals surface area contributed by atoms with Crippen molar-refractivity contribution in [2.75, 3.05) is 0 Å². The second-order valence-corrected chi connectivity index (χ2v) is 3.47. The van der Waals surface area contributed by atoms with Crippen molar-refractivity contribution in [2.24, 2.45) is 0 Å². The number of nitrogens with zero attached hydrogens (tertiary/aromatic N) is 1. The first-order chi connectivity index (χ1) is 7.10. The Labute approximate surface area is 91.7 Å². The van der Waals surface area contributed by atoms with Gasteiger partial charge < -0.3 is 9.67 Å². The zero-order chi connectivity index (χ0) is 11.7. The van der Waals surface area contributed by atoms with Gasteiger partial charge in [0.05, 0.1) is 0 Å². The molecular weight excluding hydrogens is 190 g/mol. The molecule has 15 heavy (non-hydrogen) atoms. The summed E-state index contributed by atoms with van der Waals surface area (Å²) in [5, 5.41) is 7.42. The molecule has 3 heteroatoms. The van der Waals surface area contributed by atoms with Crippen molar-refractivity contribution in [3.63, 3.8) is 0 Å². The summed E-state index contributed by atoms with van der Waals surface area (Å²) in [6.45, 7) is 6.58. The lowest BCUT2D eigenvalue weighted by Gasteiger charge is -1.94. The number of carboxylic acids is 1. The summed E-state index contributed by atoms with van der Waals surface area (Å²) in [6, 6.07) is 2.22. The Kier molecular flexibility index (Phi) is 7.42. The zero-order valence-corrected chi connectivity index (χ0v) is 9.86. The van der Waals surface area contributed by atoms with Crippen LogP contribution >= 0.6 is 0 Å². The first-order valence-electron chi connectivity index (χ1n) is 5.44. The molecule has 0 aliphatic heterocycles. The SMILES string of the molecule is CC(=O)O.CCCCc1ccn(CC)c1. The minimum absolute atomic E-state index is 0.833.